The first-order valence-corrected chi connectivity index (χ1v) is 19.7. The molecule has 5 aromatic carbocycles. The molecule has 2 nitrogen and oxygen atoms in total. The molecule has 9 rings (SSSR count). The molecule has 2 heteroatoms. The second kappa shape index (κ2) is 14.5. The molecule has 0 fully saturated rings. The zero-order valence-electron chi connectivity index (χ0n) is 32.5. The minimum Gasteiger partial charge on any atom is -0.309 e. The van der Waals surface area contributed by atoms with Crippen LogP contribution >= 0.6 is 0 Å². The number of nitrogens with zero attached hydrogens (tertiary/aromatic N) is 2. The van der Waals surface area contributed by atoms with Crippen LogP contribution in [0, 0.1) is 5.92 Å². The van der Waals surface area contributed by atoms with E-state index in [1.807, 2.05) is 6.08 Å². The summed E-state index contributed by atoms with van der Waals surface area (Å²) in [6.45, 7) is 9.45. The predicted octanol–water partition coefficient (Wildman–Crippen LogP) is 14.5. The van der Waals surface area contributed by atoms with Crippen LogP contribution in [0.5, 0.6) is 0 Å². The lowest BCUT2D eigenvalue weighted by Crippen LogP contribution is -2.23. The van der Waals surface area contributed by atoms with E-state index in [2.05, 4.69) is 231 Å². The van der Waals surface area contributed by atoms with Gasteiger partial charge in [0, 0.05) is 38.5 Å². The Balaban J connectivity index is 1.33. The summed E-state index contributed by atoms with van der Waals surface area (Å²) >= 11 is 0. The fourth-order valence-corrected chi connectivity index (χ4v) is 8.70. The van der Waals surface area contributed by atoms with Gasteiger partial charge in [0.15, 0.2) is 0 Å². The van der Waals surface area contributed by atoms with Crippen molar-refractivity contribution in [1.82, 2.24) is 9.13 Å². The number of allylic oxidation sites excluding steroid dienone is 14. The molecule has 7 aromatic rings. The Morgan fingerprint density at radius 2 is 1.12 bits per heavy atom. The third kappa shape index (κ3) is 6.08. The van der Waals surface area contributed by atoms with Crippen LogP contribution < -0.4 is 0 Å². The van der Waals surface area contributed by atoms with Crippen molar-refractivity contribution in [3.8, 4) is 16.8 Å². The van der Waals surface area contributed by atoms with Crippen molar-refractivity contribution in [2.45, 2.75) is 33.1 Å². The van der Waals surface area contributed by atoms with Crippen LogP contribution in [0.3, 0.4) is 0 Å². The van der Waals surface area contributed by atoms with Gasteiger partial charge in [-0.25, -0.2) is 0 Å². The molecule has 56 heavy (non-hydrogen) atoms. The van der Waals surface area contributed by atoms with Gasteiger partial charge >= 0.3 is 0 Å². The Morgan fingerprint density at radius 3 is 1.84 bits per heavy atom. The van der Waals surface area contributed by atoms with Gasteiger partial charge < -0.3 is 9.13 Å². The van der Waals surface area contributed by atoms with Crippen molar-refractivity contribution in [2.75, 3.05) is 0 Å². The second-order valence-electron chi connectivity index (χ2n) is 15.6. The Labute approximate surface area is 330 Å². The highest BCUT2D eigenvalue weighted by Crippen LogP contribution is 2.50. The van der Waals surface area contributed by atoms with Crippen LogP contribution in [0.15, 0.2) is 188 Å². The molecule has 2 aliphatic carbocycles. The molecule has 0 saturated heterocycles. The number of aromatic nitrogens is 2. The van der Waals surface area contributed by atoms with Crippen molar-refractivity contribution in [1.29, 1.82) is 0 Å². The molecule has 272 valence electrons. The number of fused-ring (bicyclic) bond motifs is 8. The summed E-state index contributed by atoms with van der Waals surface area (Å²) in [5.74, 6) is 0.356. The van der Waals surface area contributed by atoms with Crippen LogP contribution in [0.4, 0.5) is 0 Å². The minimum absolute atomic E-state index is 0.317. The predicted molar refractivity (Wildman–Crippen MR) is 243 cm³/mol. The number of para-hydroxylation sites is 2. The van der Waals surface area contributed by atoms with Gasteiger partial charge in [-0.05, 0) is 82.3 Å². The molecule has 0 bridgehead atoms. The number of rotatable bonds is 4. The number of hydrogen-bond donors (Lipinski definition) is 0. The summed E-state index contributed by atoms with van der Waals surface area (Å²) in [5, 5.41) is 3.79. The van der Waals surface area contributed by atoms with Crippen LogP contribution in [0.2, 0.25) is 0 Å². The van der Waals surface area contributed by atoms with E-state index in [-0.39, 0.29) is 5.41 Å². The second-order valence-corrected chi connectivity index (χ2v) is 15.6. The molecule has 0 amide bonds. The van der Waals surface area contributed by atoms with Gasteiger partial charge in [0.25, 0.3) is 0 Å². The van der Waals surface area contributed by atoms with Gasteiger partial charge in [-0.15, -0.1) is 0 Å². The number of benzene rings is 5. The fraction of sp³-hybridized carbons (Fsp3) is 0.111. The van der Waals surface area contributed by atoms with E-state index in [1.54, 1.807) is 0 Å². The number of hydrogen-bond acceptors (Lipinski definition) is 0. The molecular formula is C54H46N2. The quantitative estimate of drug-likeness (QED) is 0.171. The van der Waals surface area contributed by atoms with E-state index in [0.29, 0.717) is 5.92 Å². The summed E-state index contributed by atoms with van der Waals surface area (Å²) in [6.07, 6.45) is 30.4. The molecule has 2 aliphatic rings. The van der Waals surface area contributed by atoms with E-state index in [9.17, 15) is 0 Å². The van der Waals surface area contributed by atoms with Gasteiger partial charge in [-0.2, -0.15) is 0 Å². The highest BCUT2D eigenvalue weighted by molar-refractivity contribution is 6.16. The van der Waals surface area contributed by atoms with Crippen LogP contribution in [0.1, 0.15) is 50.1 Å². The van der Waals surface area contributed by atoms with E-state index in [0.717, 1.165) is 11.4 Å². The smallest absolute Gasteiger partial charge is 0.0547 e. The summed E-state index contributed by atoms with van der Waals surface area (Å²) in [7, 11) is 0. The minimum atomic E-state index is -0.317. The molecule has 0 unspecified atom stereocenters. The van der Waals surface area contributed by atoms with Gasteiger partial charge in [-0.3, -0.25) is 0 Å². The SMILES string of the molecule is CC(C)/C=C1/c2c(n(-c3ccc(-c4ccccc4)cc3)c3ccccc23)/C=C\c2c(ccc3c2c2ccccc2n3C2=C/C=C\C=C/C=C/C=C/C=C\2)C1(C)C. The molecular weight excluding hydrogens is 677 g/mol. The van der Waals surface area contributed by atoms with Crippen molar-refractivity contribution in [3.05, 3.63) is 211 Å². The lowest BCUT2D eigenvalue weighted by Gasteiger charge is -2.33. The van der Waals surface area contributed by atoms with Crippen LogP contribution in [-0.4, -0.2) is 9.13 Å². The summed E-state index contributed by atoms with van der Waals surface area (Å²) in [4.78, 5) is 0. The van der Waals surface area contributed by atoms with Gasteiger partial charge in [0.05, 0.1) is 22.2 Å². The van der Waals surface area contributed by atoms with Gasteiger partial charge in [0.1, 0.15) is 0 Å². The monoisotopic (exact) mass is 722 g/mol. The van der Waals surface area contributed by atoms with Crippen molar-refractivity contribution in [2.24, 2.45) is 5.92 Å². The lowest BCUT2D eigenvalue weighted by atomic mass is 9.70. The fourth-order valence-electron chi connectivity index (χ4n) is 8.70. The van der Waals surface area contributed by atoms with E-state index in [1.165, 1.54) is 71.8 Å². The first-order chi connectivity index (χ1) is 27.4. The maximum atomic E-state index is 2.51. The molecule has 0 radical (unpaired) electrons. The Hall–Kier alpha value is -6.64. The average Bonchev–Trinajstić information content (AvgIpc) is 3.72. The average molecular weight is 723 g/mol. The molecule has 0 saturated carbocycles. The molecule has 0 spiro atoms. The Morgan fingerprint density at radius 1 is 0.518 bits per heavy atom. The summed E-state index contributed by atoms with van der Waals surface area (Å²) < 4.78 is 4.89. The maximum Gasteiger partial charge on any atom is 0.0547 e. The molecule has 0 atom stereocenters. The third-order valence-corrected chi connectivity index (χ3v) is 11.2. The van der Waals surface area contributed by atoms with Crippen LogP contribution in [-0.2, 0) is 5.41 Å². The van der Waals surface area contributed by atoms with Crippen molar-refractivity contribution >= 4 is 56.1 Å². The summed E-state index contributed by atoms with van der Waals surface area (Å²) in [6, 6.07) is 42.2. The van der Waals surface area contributed by atoms with E-state index >= 15 is 0 Å². The zero-order valence-corrected chi connectivity index (χ0v) is 32.5. The maximum absolute atomic E-state index is 2.51. The molecule has 2 aromatic heterocycles. The van der Waals surface area contributed by atoms with Gasteiger partial charge in [0.2, 0.25) is 0 Å². The van der Waals surface area contributed by atoms with Crippen molar-refractivity contribution < 1.29 is 0 Å². The Bertz CT molecular complexity index is 2870. The summed E-state index contributed by atoms with van der Waals surface area (Å²) in [5.41, 5.74) is 14.4. The molecule has 0 aliphatic heterocycles. The normalized spacial score (nSPS) is 20.2. The topological polar surface area (TPSA) is 9.86 Å². The molecule has 0 N–H and O–H groups in total. The van der Waals surface area contributed by atoms with Crippen molar-refractivity contribution in [3.63, 3.8) is 0 Å². The first kappa shape index (κ1) is 35.1. The van der Waals surface area contributed by atoms with E-state index < -0.39 is 0 Å². The first-order valence-electron chi connectivity index (χ1n) is 19.7. The standard InChI is InChI=1S/C54H46N2/c1-38(2)37-47-53-45-26-18-20-28-49(45)56(42-31-29-40(30-32-42)39-21-13-12-14-22-39)51(53)35-33-43-46(54(47,3)4)34-36-50-52(43)44-25-17-19-27-48(44)55(50)41-23-15-10-8-6-5-7-9-11-16-24-41/h5-38H,1-4H3/b6-5+,7-5?,8-6?,9-7-,10-8+,11-9?,15-10?,16-11-,23-15-,24-16?,35-33-,41-23?,41-24+,47-37-. The van der Waals surface area contributed by atoms with E-state index in [4.69, 9.17) is 0 Å². The lowest BCUT2D eigenvalue weighted by molar-refractivity contribution is 0.681. The highest BCUT2D eigenvalue weighted by atomic mass is 15.0. The Kier molecular flexibility index (Phi) is 9.11. The highest BCUT2D eigenvalue weighted by Gasteiger charge is 2.35. The molecule has 2 heterocycles. The largest absolute Gasteiger partial charge is 0.309 e. The van der Waals surface area contributed by atoms with Crippen LogP contribution in [0.25, 0.3) is 72.9 Å². The zero-order chi connectivity index (χ0) is 38.2. The third-order valence-electron chi connectivity index (χ3n) is 11.2. The van der Waals surface area contributed by atoms with Gasteiger partial charge in [-0.1, -0.05) is 179 Å².